The van der Waals surface area contributed by atoms with E-state index in [0.29, 0.717) is 23.7 Å². The number of rotatable bonds is 6. The van der Waals surface area contributed by atoms with Gasteiger partial charge in [-0.3, -0.25) is 0 Å². The van der Waals surface area contributed by atoms with E-state index in [9.17, 15) is 4.79 Å². The number of ether oxygens (including phenoxy) is 2. The van der Waals surface area contributed by atoms with Crippen LogP contribution in [0.3, 0.4) is 0 Å². The van der Waals surface area contributed by atoms with Crippen molar-refractivity contribution in [3.05, 3.63) is 17.8 Å². The predicted octanol–water partition coefficient (Wildman–Crippen LogP) is 1.29. The molecule has 6 nitrogen and oxygen atoms in total. The van der Waals surface area contributed by atoms with Crippen molar-refractivity contribution in [2.75, 3.05) is 31.9 Å². The Labute approximate surface area is 106 Å². The lowest BCUT2D eigenvalue weighted by Gasteiger charge is -2.16. The number of anilines is 2. The van der Waals surface area contributed by atoms with E-state index in [1.165, 1.54) is 19.4 Å². The molecule has 0 aliphatic heterocycles. The number of hydrogen-bond acceptors (Lipinski definition) is 6. The first-order valence-electron chi connectivity index (χ1n) is 5.68. The summed E-state index contributed by atoms with van der Waals surface area (Å²) in [6.45, 7) is 2.63. The van der Waals surface area contributed by atoms with E-state index in [4.69, 9.17) is 10.5 Å². The van der Waals surface area contributed by atoms with Gasteiger partial charge in [0.25, 0.3) is 0 Å². The average molecular weight is 253 g/mol. The molecule has 1 aromatic rings. The highest BCUT2D eigenvalue weighted by Gasteiger charge is 2.14. The number of methoxy groups -OCH3 is 2. The predicted molar refractivity (Wildman–Crippen MR) is 69.6 cm³/mol. The molecule has 0 radical (unpaired) electrons. The van der Waals surface area contributed by atoms with Crippen LogP contribution in [0.1, 0.15) is 23.7 Å². The Morgan fingerprint density at radius 3 is 2.89 bits per heavy atom. The zero-order valence-electron chi connectivity index (χ0n) is 10.9. The summed E-state index contributed by atoms with van der Waals surface area (Å²) in [6, 6.07) is 1.68. The molecule has 0 saturated carbocycles. The van der Waals surface area contributed by atoms with E-state index in [2.05, 4.69) is 15.0 Å². The summed E-state index contributed by atoms with van der Waals surface area (Å²) in [5, 5.41) is 3.14. The monoisotopic (exact) mass is 253 g/mol. The highest BCUT2D eigenvalue weighted by Crippen LogP contribution is 2.21. The molecule has 6 heteroatoms. The smallest absolute Gasteiger partial charge is 0.340 e. The third kappa shape index (κ3) is 3.59. The molecule has 1 atom stereocenters. The van der Waals surface area contributed by atoms with Gasteiger partial charge in [-0.1, -0.05) is 0 Å². The summed E-state index contributed by atoms with van der Waals surface area (Å²) in [7, 11) is 2.97. The van der Waals surface area contributed by atoms with Gasteiger partial charge in [0.05, 0.1) is 18.4 Å². The van der Waals surface area contributed by atoms with Crippen LogP contribution >= 0.6 is 0 Å². The van der Waals surface area contributed by atoms with Crippen molar-refractivity contribution in [1.29, 1.82) is 0 Å². The number of carbonyl (C=O) groups excluding carboxylic acids is 1. The zero-order chi connectivity index (χ0) is 13.5. The highest BCUT2D eigenvalue weighted by atomic mass is 16.5. The maximum Gasteiger partial charge on any atom is 0.340 e. The first-order chi connectivity index (χ1) is 8.60. The molecule has 1 heterocycles. The fourth-order valence-electron chi connectivity index (χ4n) is 1.48. The van der Waals surface area contributed by atoms with Crippen molar-refractivity contribution in [3.8, 4) is 0 Å². The normalized spacial score (nSPS) is 11.9. The molecule has 0 amide bonds. The number of nitrogen functional groups attached to an aromatic ring is 1. The van der Waals surface area contributed by atoms with Gasteiger partial charge in [-0.05, 0) is 19.4 Å². The van der Waals surface area contributed by atoms with Crippen molar-refractivity contribution in [2.24, 2.45) is 0 Å². The molecule has 0 aromatic carbocycles. The number of hydrogen-bond donors (Lipinski definition) is 2. The molecule has 0 aliphatic carbocycles. The summed E-state index contributed by atoms with van der Waals surface area (Å²) < 4.78 is 9.64. The minimum atomic E-state index is -0.470. The zero-order valence-corrected chi connectivity index (χ0v) is 10.9. The summed E-state index contributed by atoms with van der Waals surface area (Å²) in [5.74, 6) is 0.0176. The Kier molecular flexibility index (Phi) is 5.38. The number of carbonyl (C=O) groups is 1. The first kappa shape index (κ1) is 14.2. The second kappa shape index (κ2) is 6.80. The fourth-order valence-corrected chi connectivity index (χ4v) is 1.48. The summed E-state index contributed by atoms with van der Waals surface area (Å²) in [4.78, 5) is 15.6. The van der Waals surface area contributed by atoms with Crippen LogP contribution < -0.4 is 11.1 Å². The quantitative estimate of drug-likeness (QED) is 0.743. The molecule has 0 fully saturated rings. The molecular weight excluding hydrogens is 234 g/mol. The van der Waals surface area contributed by atoms with E-state index in [-0.39, 0.29) is 6.04 Å². The largest absolute Gasteiger partial charge is 0.465 e. The Balaban J connectivity index is 2.80. The molecule has 1 unspecified atom stereocenters. The molecular formula is C12H19N3O3. The average Bonchev–Trinajstić information content (AvgIpc) is 2.38. The van der Waals surface area contributed by atoms with Crippen LogP contribution in [-0.2, 0) is 9.47 Å². The molecule has 0 spiro atoms. The van der Waals surface area contributed by atoms with Gasteiger partial charge in [-0.15, -0.1) is 0 Å². The number of nitrogens with two attached hydrogens (primary N) is 1. The molecule has 1 aromatic heterocycles. The highest BCUT2D eigenvalue weighted by molar-refractivity contribution is 5.97. The Morgan fingerprint density at radius 2 is 2.28 bits per heavy atom. The van der Waals surface area contributed by atoms with E-state index in [1.807, 2.05) is 6.92 Å². The molecule has 18 heavy (non-hydrogen) atoms. The van der Waals surface area contributed by atoms with Gasteiger partial charge in [-0.25, -0.2) is 9.78 Å². The van der Waals surface area contributed by atoms with Gasteiger partial charge in [0.1, 0.15) is 5.82 Å². The van der Waals surface area contributed by atoms with Crippen molar-refractivity contribution < 1.29 is 14.3 Å². The van der Waals surface area contributed by atoms with Gasteiger partial charge in [0.15, 0.2) is 0 Å². The van der Waals surface area contributed by atoms with Crippen LogP contribution in [0.15, 0.2) is 12.3 Å². The topological polar surface area (TPSA) is 86.5 Å². The Hall–Kier alpha value is -1.82. The SMILES string of the molecule is COCCC(C)Nc1nccc(C(=O)OC)c1N. The molecule has 0 bridgehead atoms. The van der Waals surface area contributed by atoms with Crippen LogP contribution in [0.4, 0.5) is 11.5 Å². The van der Waals surface area contributed by atoms with Gasteiger partial charge in [0, 0.05) is 26.0 Å². The van der Waals surface area contributed by atoms with E-state index in [0.717, 1.165) is 6.42 Å². The lowest BCUT2D eigenvalue weighted by molar-refractivity contribution is 0.0602. The van der Waals surface area contributed by atoms with Crippen LogP contribution in [0, 0.1) is 0 Å². The maximum absolute atomic E-state index is 11.5. The minimum Gasteiger partial charge on any atom is -0.465 e. The number of nitrogens with one attached hydrogen (secondary N) is 1. The lowest BCUT2D eigenvalue weighted by atomic mass is 10.2. The number of pyridine rings is 1. The number of esters is 1. The Bertz CT molecular complexity index is 410. The van der Waals surface area contributed by atoms with Crippen molar-refractivity contribution in [1.82, 2.24) is 4.98 Å². The molecule has 0 aliphatic rings. The van der Waals surface area contributed by atoms with Crippen LogP contribution in [0.25, 0.3) is 0 Å². The van der Waals surface area contributed by atoms with E-state index < -0.39 is 5.97 Å². The summed E-state index contributed by atoms with van der Waals surface area (Å²) in [5.41, 5.74) is 6.49. The van der Waals surface area contributed by atoms with Crippen molar-refractivity contribution in [3.63, 3.8) is 0 Å². The van der Waals surface area contributed by atoms with Gasteiger partial charge >= 0.3 is 5.97 Å². The summed E-state index contributed by atoms with van der Waals surface area (Å²) in [6.07, 6.45) is 2.34. The van der Waals surface area contributed by atoms with Crippen LogP contribution in [0.2, 0.25) is 0 Å². The van der Waals surface area contributed by atoms with E-state index >= 15 is 0 Å². The van der Waals surface area contributed by atoms with Gasteiger partial charge < -0.3 is 20.5 Å². The molecule has 3 N–H and O–H groups in total. The van der Waals surface area contributed by atoms with Gasteiger partial charge in [0.2, 0.25) is 0 Å². The molecule has 1 rings (SSSR count). The first-order valence-corrected chi connectivity index (χ1v) is 5.68. The van der Waals surface area contributed by atoms with E-state index in [1.54, 1.807) is 7.11 Å². The minimum absolute atomic E-state index is 0.146. The third-order valence-corrected chi connectivity index (χ3v) is 2.53. The third-order valence-electron chi connectivity index (χ3n) is 2.53. The standard InChI is InChI=1S/C12H19N3O3/c1-8(5-7-17-2)15-11-10(13)9(4-6-14-11)12(16)18-3/h4,6,8H,5,7,13H2,1-3H3,(H,14,15). The second-order valence-electron chi connectivity index (χ2n) is 3.94. The van der Waals surface area contributed by atoms with Crippen molar-refractivity contribution in [2.45, 2.75) is 19.4 Å². The Morgan fingerprint density at radius 1 is 1.56 bits per heavy atom. The van der Waals surface area contributed by atoms with Crippen LogP contribution in [0.5, 0.6) is 0 Å². The summed E-state index contributed by atoms with van der Waals surface area (Å²) >= 11 is 0. The lowest BCUT2D eigenvalue weighted by Crippen LogP contribution is -2.20. The maximum atomic E-state index is 11.5. The molecule has 0 saturated heterocycles. The number of nitrogens with zero attached hydrogens (tertiary/aromatic N) is 1. The van der Waals surface area contributed by atoms with Gasteiger partial charge in [-0.2, -0.15) is 0 Å². The molecule has 100 valence electrons. The van der Waals surface area contributed by atoms with Crippen molar-refractivity contribution >= 4 is 17.5 Å². The second-order valence-corrected chi connectivity index (χ2v) is 3.94. The number of aromatic nitrogens is 1. The van der Waals surface area contributed by atoms with Crippen LogP contribution in [-0.4, -0.2) is 37.8 Å². The fraction of sp³-hybridized carbons (Fsp3) is 0.500.